The smallest absolute Gasteiger partial charge is 0.426 e. The highest BCUT2D eigenvalue weighted by atomic mass is 16.6. The number of imide groups is 1. The molecule has 1 aliphatic rings. The number of amides is 4. The third kappa shape index (κ3) is 2.54. The molecule has 1 atom stereocenters. The second kappa shape index (κ2) is 5.82. The molecule has 0 spiro atoms. The van der Waals surface area contributed by atoms with Crippen LogP contribution in [0.3, 0.4) is 0 Å². The summed E-state index contributed by atoms with van der Waals surface area (Å²) in [4.78, 5) is 36.0. The molecular formula is C14H17N3O4. The van der Waals surface area contributed by atoms with E-state index in [0.29, 0.717) is 17.0 Å². The lowest BCUT2D eigenvalue weighted by atomic mass is 9.87. The van der Waals surface area contributed by atoms with E-state index >= 15 is 0 Å². The maximum absolute atomic E-state index is 12.6. The number of hydrazine groups is 1. The highest BCUT2D eigenvalue weighted by molar-refractivity contribution is 6.08. The number of hydrogen-bond donors (Lipinski definition) is 2. The maximum Gasteiger partial charge on any atom is 0.426 e. The molecule has 112 valence electrons. The Morgan fingerprint density at radius 3 is 2.52 bits per heavy atom. The number of carbonyl (C=O) groups is 3. The lowest BCUT2D eigenvalue weighted by Gasteiger charge is -2.25. The summed E-state index contributed by atoms with van der Waals surface area (Å²) in [6.45, 7) is 3.57. The Morgan fingerprint density at radius 1 is 1.29 bits per heavy atom. The van der Waals surface area contributed by atoms with Gasteiger partial charge in [0.25, 0.3) is 5.91 Å². The minimum atomic E-state index is -1.17. The summed E-state index contributed by atoms with van der Waals surface area (Å²) in [5.41, 5.74) is 1.65. The van der Waals surface area contributed by atoms with Gasteiger partial charge in [-0.3, -0.25) is 4.79 Å². The molecule has 0 unspecified atom stereocenters. The van der Waals surface area contributed by atoms with Gasteiger partial charge in [0, 0.05) is 0 Å². The normalized spacial score (nSPS) is 21.1. The number of urea groups is 1. The van der Waals surface area contributed by atoms with E-state index in [2.05, 4.69) is 15.5 Å². The van der Waals surface area contributed by atoms with Gasteiger partial charge < -0.3 is 10.1 Å². The van der Waals surface area contributed by atoms with Crippen molar-refractivity contribution in [3.8, 4) is 0 Å². The van der Waals surface area contributed by atoms with Gasteiger partial charge in [-0.1, -0.05) is 37.3 Å². The zero-order valence-corrected chi connectivity index (χ0v) is 11.9. The fourth-order valence-corrected chi connectivity index (χ4v) is 2.29. The maximum atomic E-state index is 12.6. The molecule has 1 heterocycles. The van der Waals surface area contributed by atoms with Crippen LogP contribution in [0.5, 0.6) is 0 Å². The van der Waals surface area contributed by atoms with E-state index in [9.17, 15) is 14.4 Å². The van der Waals surface area contributed by atoms with Crippen molar-refractivity contribution in [3.05, 3.63) is 35.9 Å². The zero-order chi connectivity index (χ0) is 15.5. The van der Waals surface area contributed by atoms with E-state index in [0.717, 1.165) is 0 Å². The van der Waals surface area contributed by atoms with Gasteiger partial charge in [0.05, 0.1) is 6.61 Å². The number of carbonyl (C=O) groups excluding carboxylic acids is 3. The molecule has 2 N–H and O–H groups in total. The third-order valence-corrected chi connectivity index (χ3v) is 3.37. The molecule has 7 heteroatoms. The van der Waals surface area contributed by atoms with Crippen molar-refractivity contribution in [1.82, 2.24) is 15.8 Å². The topological polar surface area (TPSA) is 87.7 Å². The largest absolute Gasteiger partial charge is 0.449 e. The van der Waals surface area contributed by atoms with Crippen LogP contribution in [-0.2, 0) is 15.1 Å². The van der Waals surface area contributed by atoms with Crippen molar-refractivity contribution in [2.75, 3.05) is 6.61 Å². The Kier molecular flexibility index (Phi) is 4.11. The van der Waals surface area contributed by atoms with Gasteiger partial charge in [-0.25, -0.2) is 15.0 Å². The van der Waals surface area contributed by atoms with E-state index in [1.807, 2.05) is 6.07 Å². The first-order valence-corrected chi connectivity index (χ1v) is 6.70. The molecule has 4 amide bonds. The summed E-state index contributed by atoms with van der Waals surface area (Å²) in [5, 5.41) is 3.31. The van der Waals surface area contributed by atoms with Crippen molar-refractivity contribution in [2.24, 2.45) is 0 Å². The molecule has 0 bridgehead atoms. The van der Waals surface area contributed by atoms with Gasteiger partial charge in [-0.15, -0.1) is 0 Å². The van der Waals surface area contributed by atoms with Crippen LogP contribution < -0.4 is 10.7 Å². The predicted molar refractivity (Wildman–Crippen MR) is 73.9 cm³/mol. The number of hydrogen-bond acceptors (Lipinski definition) is 4. The second-order valence-electron chi connectivity index (χ2n) is 4.53. The SMILES string of the molecule is CCOC(=O)NN1C(=O)N[C@@](CC)(c2ccccc2)C1=O. The average Bonchev–Trinajstić information content (AvgIpc) is 2.73. The van der Waals surface area contributed by atoms with Crippen LogP contribution in [0, 0.1) is 0 Å². The van der Waals surface area contributed by atoms with Crippen molar-refractivity contribution >= 4 is 18.0 Å². The lowest BCUT2D eigenvalue weighted by Crippen LogP contribution is -2.48. The van der Waals surface area contributed by atoms with Gasteiger partial charge in [0.2, 0.25) is 0 Å². The molecule has 1 saturated heterocycles. The quantitative estimate of drug-likeness (QED) is 0.823. The van der Waals surface area contributed by atoms with E-state index < -0.39 is 23.6 Å². The van der Waals surface area contributed by atoms with Crippen LogP contribution >= 0.6 is 0 Å². The number of benzene rings is 1. The van der Waals surface area contributed by atoms with Crippen LogP contribution in [0.15, 0.2) is 30.3 Å². The molecule has 0 aliphatic carbocycles. The molecular weight excluding hydrogens is 274 g/mol. The molecule has 0 saturated carbocycles. The number of nitrogens with zero attached hydrogens (tertiary/aromatic N) is 1. The average molecular weight is 291 g/mol. The van der Waals surface area contributed by atoms with Crippen LogP contribution in [-0.4, -0.2) is 29.6 Å². The molecule has 0 aromatic heterocycles. The second-order valence-corrected chi connectivity index (χ2v) is 4.53. The molecule has 21 heavy (non-hydrogen) atoms. The molecule has 2 rings (SSSR count). The van der Waals surface area contributed by atoms with Crippen molar-refractivity contribution in [2.45, 2.75) is 25.8 Å². The van der Waals surface area contributed by atoms with Crippen LogP contribution in [0.1, 0.15) is 25.8 Å². The van der Waals surface area contributed by atoms with Crippen LogP contribution in [0.2, 0.25) is 0 Å². The fourth-order valence-electron chi connectivity index (χ4n) is 2.29. The summed E-state index contributed by atoms with van der Waals surface area (Å²) in [7, 11) is 0. The molecule has 1 aromatic carbocycles. The predicted octanol–water partition coefficient (Wildman–Crippen LogP) is 1.50. The summed E-state index contributed by atoms with van der Waals surface area (Å²) >= 11 is 0. The van der Waals surface area contributed by atoms with Crippen LogP contribution in [0.4, 0.5) is 9.59 Å². The summed E-state index contributed by atoms with van der Waals surface area (Å²) in [5.74, 6) is -0.533. The van der Waals surface area contributed by atoms with Crippen molar-refractivity contribution in [1.29, 1.82) is 0 Å². The molecule has 7 nitrogen and oxygen atoms in total. The first-order valence-electron chi connectivity index (χ1n) is 6.70. The van der Waals surface area contributed by atoms with Gasteiger partial charge in [-0.05, 0) is 18.9 Å². The molecule has 1 aromatic rings. The Balaban J connectivity index is 2.29. The summed E-state index contributed by atoms with van der Waals surface area (Å²) in [6.07, 6.45) is -0.483. The number of ether oxygens (including phenoxy) is 1. The van der Waals surface area contributed by atoms with Gasteiger partial charge in [0.1, 0.15) is 5.54 Å². The lowest BCUT2D eigenvalue weighted by molar-refractivity contribution is -0.133. The van der Waals surface area contributed by atoms with E-state index in [-0.39, 0.29) is 6.61 Å². The Morgan fingerprint density at radius 2 is 1.95 bits per heavy atom. The highest BCUT2D eigenvalue weighted by Crippen LogP contribution is 2.31. The first kappa shape index (κ1) is 14.8. The van der Waals surface area contributed by atoms with Crippen molar-refractivity contribution in [3.63, 3.8) is 0 Å². The molecule has 0 radical (unpaired) electrons. The molecule has 1 aliphatic heterocycles. The van der Waals surface area contributed by atoms with Gasteiger partial charge in [0.15, 0.2) is 0 Å². The fraction of sp³-hybridized carbons (Fsp3) is 0.357. The minimum absolute atomic E-state index is 0.146. The van der Waals surface area contributed by atoms with Crippen molar-refractivity contribution < 1.29 is 19.1 Å². The van der Waals surface area contributed by atoms with E-state index in [4.69, 9.17) is 0 Å². The Labute approximate surface area is 122 Å². The van der Waals surface area contributed by atoms with Gasteiger partial charge >= 0.3 is 12.1 Å². The Hall–Kier alpha value is -2.57. The van der Waals surface area contributed by atoms with Gasteiger partial charge in [-0.2, -0.15) is 5.01 Å². The minimum Gasteiger partial charge on any atom is -0.449 e. The first-order chi connectivity index (χ1) is 10.0. The van der Waals surface area contributed by atoms with E-state index in [1.54, 1.807) is 38.1 Å². The summed E-state index contributed by atoms with van der Waals surface area (Å²) < 4.78 is 4.68. The highest BCUT2D eigenvalue weighted by Gasteiger charge is 2.52. The monoisotopic (exact) mass is 291 g/mol. The zero-order valence-electron chi connectivity index (χ0n) is 11.9. The third-order valence-electron chi connectivity index (χ3n) is 3.37. The number of nitrogens with one attached hydrogen (secondary N) is 2. The Bertz CT molecular complexity index is 561. The van der Waals surface area contributed by atoms with Crippen LogP contribution in [0.25, 0.3) is 0 Å². The standard InChI is InChI=1S/C14H17N3O4/c1-3-14(10-8-6-5-7-9-10)11(18)17(12(19)15-14)16-13(20)21-4-2/h5-9H,3-4H2,1-2H3,(H,15,19)(H,16,20)/t14-/m0/s1. The van der Waals surface area contributed by atoms with E-state index in [1.165, 1.54) is 0 Å². The number of rotatable bonds is 4. The summed E-state index contributed by atoms with van der Waals surface area (Å²) in [6, 6.07) is 8.23. The molecule has 1 fully saturated rings.